The van der Waals surface area contributed by atoms with Crippen LogP contribution in [0.2, 0.25) is 0 Å². The van der Waals surface area contributed by atoms with Crippen molar-refractivity contribution in [2.24, 2.45) is 23.2 Å². The van der Waals surface area contributed by atoms with Gasteiger partial charge in [0, 0.05) is 23.8 Å². The highest BCUT2D eigenvalue weighted by molar-refractivity contribution is 5.82. The minimum Gasteiger partial charge on any atom is -0.368 e. The Morgan fingerprint density at radius 2 is 1.85 bits per heavy atom. The molecular formula is C30H40N2O. The molecule has 3 heteroatoms. The largest absolute Gasteiger partial charge is 0.368 e. The molecule has 5 fully saturated rings. The SMILES string of the molecule is CN(C)C1CCC2CC3CCC4(C)C(c5ccc6ccncc6c5)CC[C@H]4[C@@]34CC[C@]2(C1)O4. The van der Waals surface area contributed by atoms with Gasteiger partial charge in [-0.1, -0.05) is 19.1 Å². The molecular weight excluding hydrogens is 404 g/mol. The first-order valence-electron chi connectivity index (χ1n) is 13.6. The van der Waals surface area contributed by atoms with Gasteiger partial charge in [-0.25, -0.2) is 0 Å². The van der Waals surface area contributed by atoms with Crippen molar-refractivity contribution in [3.8, 4) is 0 Å². The number of benzene rings is 1. The lowest BCUT2D eigenvalue weighted by molar-refractivity contribution is -0.260. The Morgan fingerprint density at radius 1 is 0.939 bits per heavy atom. The number of ether oxygens (including phenoxy) is 1. The van der Waals surface area contributed by atoms with Crippen LogP contribution in [0.25, 0.3) is 10.8 Å². The molecule has 2 spiro atoms. The number of pyridine rings is 1. The summed E-state index contributed by atoms with van der Waals surface area (Å²) in [4.78, 5) is 6.86. The average molecular weight is 445 g/mol. The molecule has 2 bridgehead atoms. The molecule has 1 aromatic carbocycles. The highest BCUT2D eigenvalue weighted by Gasteiger charge is 2.70. The van der Waals surface area contributed by atoms with E-state index >= 15 is 0 Å². The molecule has 1 aromatic heterocycles. The highest BCUT2D eigenvalue weighted by atomic mass is 16.5. The molecule has 3 saturated carbocycles. The molecule has 176 valence electrons. The van der Waals surface area contributed by atoms with E-state index in [9.17, 15) is 0 Å². The lowest BCUT2D eigenvalue weighted by Crippen LogP contribution is -2.62. The summed E-state index contributed by atoms with van der Waals surface area (Å²) >= 11 is 0. The number of fused-ring (bicyclic) bond motifs is 2. The van der Waals surface area contributed by atoms with Gasteiger partial charge in [-0.3, -0.25) is 4.98 Å². The van der Waals surface area contributed by atoms with Crippen molar-refractivity contribution >= 4 is 10.8 Å². The molecule has 3 aliphatic carbocycles. The van der Waals surface area contributed by atoms with E-state index < -0.39 is 0 Å². The summed E-state index contributed by atoms with van der Waals surface area (Å²) in [6.45, 7) is 2.64. The lowest BCUT2D eigenvalue weighted by atomic mass is 9.53. The van der Waals surface area contributed by atoms with E-state index in [-0.39, 0.29) is 11.2 Å². The summed E-state index contributed by atoms with van der Waals surface area (Å²) in [6, 6.07) is 10.0. The predicted molar refractivity (Wildman–Crippen MR) is 133 cm³/mol. The summed E-state index contributed by atoms with van der Waals surface area (Å²) in [7, 11) is 4.55. The maximum Gasteiger partial charge on any atom is 0.0752 e. The van der Waals surface area contributed by atoms with Gasteiger partial charge in [-0.05, 0) is 130 Å². The molecule has 3 nitrogen and oxygen atoms in total. The van der Waals surface area contributed by atoms with Gasteiger partial charge in [0.1, 0.15) is 0 Å². The summed E-state index contributed by atoms with van der Waals surface area (Å²) in [5, 5.41) is 2.60. The Morgan fingerprint density at radius 3 is 2.73 bits per heavy atom. The van der Waals surface area contributed by atoms with Crippen molar-refractivity contribution in [2.45, 2.75) is 94.3 Å². The third-order valence-corrected chi connectivity index (χ3v) is 11.5. The molecule has 0 amide bonds. The van der Waals surface area contributed by atoms with Gasteiger partial charge in [0.25, 0.3) is 0 Å². The number of hydrogen-bond acceptors (Lipinski definition) is 3. The van der Waals surface area contributed by atoms with Crippen LogP contribution in [0.4, 0.5) is 0 Å². The minimum absolute atomic E-state index is 0.158. The predicted octanol–water partition coefficient (Wildman–Crippen LogP) is 6.57. The minimum atomic E-state index is 0.158. The zero-order valence-corrected chi connectivity index (χ0v) is 20.7. The Bertz CT molecular complexity index is 1080. The molecule has 7 rings (SSSR count). The zero-order chi connectivity index (χ0) is 22.4. The van der Waals surface area contributed by atoms with Crippen LogP contribution >= 0.6 is 0 Å². The van der Waals surface area contributed by atoms with Crippen LogP contribution in [0, 0.1) is 23.2 Å². The maximum absolute atomic E-state index is 7.56. The van der Waals surface area contributed by atoms with E-state index in [1.807, 2.05) is 12.4 Å². The van der Waals surface area contributed by atoms with Crippen LogP contribution in [-0.2, 0) is 4.74 Å². The molecule has 0 N–H and O–H groups in total. The molecule has 2 aliphatic heterocycles. The number of rotatable bonds is 2. The maximum atomic E-state index is 7.56. The van der Waals surface area contributed by atoms with E-state index in [4.69, 9.17) is 4.74 Å². The van der Waals surface area contributed by atoms with Crippen molar-refractivity contribution in [1.29, 1.82) is 0 Å². The summed E-state index contributed by atoms with van der Waals surface area (Å²) in [5.41, 5.74) is 2.24. The summed E-state index contributed by atoms with van der Waals surface area (Å²) in [6.07, 6.45) is 17.5. The summed E-state index contributed by atoms with van der Waals surface area (Å²) in [5.74, 6) is 2.98. The highest BCUT2D eigenvalue weighted by Crippen LogP contribution is 2.72. The molecule has 0 radical (unpaired) electrons. The fourth-order valence-electron chi connectivity index (χ4n) is 9.88. The molecule has 5 aliphatic rings. The van der Waals surface area contributed by atoms with Crippen LogP contribution in [0.3, 0.4) is 0 Å². The van der Waals surface area contributed by atoms with E-state index in [2.05, 4.69) is 55.2 Å². The molecule has 2 aromatic rings. The molecule has 2 saturated heterocycles. The van der Waals surface area contributed by atoms with Gasteiger partial charge in [0.15, 0.2) is 0 Å². The third-order valence-electron chi connectivity index (χ3n) is 11.5. The Kier molecular flexibility index (Phi) is 4.46. The Labute approximate surface area is 199 Å². The van der Waals surface area contributed by atoms with Crippen molar-refractivity contribution in [3.63, 3.8) is 0 Å². The fourth-order valence-corrected chi connectivity index (χ4v) is 9.88. The molecule has 3 heterocycles. The smallest absolute Gasteiger partial charge is 0.0752 e. The second-order valence-electron chi connectivity index (χ2n) is 12.9. The van der Waals surface area contributed by atoms with Crippen molar-refractivity contribution in [1.82, 2.24) is 9.88 Å². The standard InChI is InChI=1S/C30H40N2O/c1-28-12-10-24-17-23-6-7-25(32(2)3)18-29(23)13-14-30(24,33-29)27(28)9-8-26(28)21-5-4-20-11-15-31-19-22(20)16-21/h4-5,11,15-16,19,23-27H,6-10,12-14,17-18H2,1-3H3/t23?,24?,25?,26?,27-,28?,29-,30-/m1/s1. The van der Waals surface area contributed by atoms with Crippen molar-refractivity contribution in [3.05, 3.63) is 42.2 Å². The van der Waals surface area contributed by atoms with Crippen molar-refractivity contribution in [2.75, 3.05) is 14.1 Å². The van der Waals surface area contributed by atoms with E-state index in [1.165, 1.54) is 75.0 Å². The second-order valence-corrected chi connectivity index (χ2v) is 12.9. The van der Waals surface area contributed by atoms with Gasteiger partial charge >= 0.3 is 0 Å². The quantitative estimate of drug-likeness (QED) is 0.524. The van der Waals surface area contributed by atoms with Crippen LogP contribution in [0.1, 0.15) is 82.6 Å². The van der Waals surface area contributed by atoms with E-state index in [0.29, 0.717) is 17.4 Å². The lowest BCUT2D eigenvalue weighted by Gasteiger charge is -2.61. The number of hydrogen-bond donors (Lipinski definition) is 0. The first-order valence-corrected chi connectivity index (χ1v) is 13.6. The fraction of sp³-hybridized carbons (Fsp3) is 0.700. The van der Waals surface area contributed by atoms with Gasteiger partial charge in [-0.2, -0.15) is 0 Å². The zero-order valence-electron chi connectivity index (χ0n) is 20.7. The van der Waals surface area contributed by atoms with Gasteiger partial charge in [0.2, 0.25) is 0 Å². The molecule has 33 heavy (non-hydrogen) atoms. The number of aromatic nitrogens is 1. The average Bonchev–Trinajstić information content (AvgIpc) is 3.33. The van der Waals surface area contributed by atoms with Crippen molar-refractivity contribution < 1.29 is 4.74 Å². The first-order chi connectivity index (χ1) is 15.9. The topological polar surface area (TPSA) is 25.4 Å². The van der Waals surface area contributed by atoms with Gasteiger partial charge in [-0.15, -0.1) is 0 Å². The normalized spacial score (nSPS) is 46.2. The Balaban J connectivity index is 1.23. The third kappa shape index (κ3) is 2.79. The number of nitrogens with zero attached hydrogens (tertiary/aromatic N) is 2. The van der Waals surface area contributed by atoms with Crippen LogP contribution in [0.5, 0.6) is 0 Å². The van der Waals surface area contributed by atoms with Crippen LogP contribution in [0.15, 0.2) is 36.7 Å². The van der Waals surface area contributed by atoms with E-state index in [0.717, 1.165) is 17.8 Å². The summed E-state index contributed by atoms with van der Waals surface area (Å²) < 4.78 is 7.56. The van der Waals surface area contributed by atoms with E-state index in [1.54, 1.807) is 5.56 Å². The first kappa shape index (κ1) is 20.9. The Hall–Kier alpha value is -1.45. The molecule has 8 atom stereocenters. The monoisotopic (exact) mass is 444 g/mol. The van der Waals surface area contributed by atoms with Gasteiger partial charge < -0.3 is 9.64 Å². The van der Waals surface area contributed by atoms with Crippen LogP contribution in [-0.4, -0.2) is 41.2 Å². The van der Waals surface area contributed by atoms with Gasteiger partial charge in [0.05, 0.1) is 11.2 Å². The molecule has 5 unspecified atom stereocenters. The van der Waals surface area contributed by atoms with Crippen LogP contribution < -0.4 is 0 Å². The second kappa shape index (κ2) is 7.04.